The molecule has 7 heteroatoms. The first-order valence-corrected chi connectivity index (χ1v) is 8.56. The highest BCUT2D eigenvalue weighted by Crippen LogP contribution is 2.31. The molecule has 4 rings (SSSR count). The molecule has 0 saturated carbocycles. The Balaban J connectivity index is 1.58. The number of fused-ring (bicyclic) bond motifs is 1. The number of hydrogen-bond donors (Lipinski definition) is 0. The summed E-state index contributed by atoms with van der Waals surface area (Å²) in [4.78, 5) is 8.41. The Morgan fingerprint density at radius 3 is 2.75 bits per heavy atom. The predicted molar refractivity (Wildman–Crippen MR) is 93.8 cm³/mol. The molecule has 0 aliphatic rings. The van der Waals surface area contributed by atoms with E-state index < -0.39 is 0 Å². The van der Waals surface area contributed by atoms with Crippen LogP contribution in [0.2, 0.25) is 5.02 Å². The van der Waals surface area contributed by atoms with E-state index in [4.69, 9.17) is 16.0 Å². The van der Waals surface area contributed by atoms with Crippen LogP contribution in [-0.2, 0) is 5.75 Å². The van der Waals surface area contributed by atoms with Crippen molar-refractivity contribution in [3.8, 4) is 11.5 Å². The van der Waals surface area contributed by atoms with E-state index in [0.717, 1.165) is 22.0 Å². The van der Waals surface area contributed by atoms with Gasteiger partial charge in [-0.1, -0.05) is 35.5 Å². The fourth-order valence-corrected chi connectivity index (χ4v) is 3.43. The Morgan fingerprint density at radius 1 is 1.00 bits per heavy atom. The molecule has 0 atom stereocenters. The minimum atomic E-state index is 0.474. The molecule has 0 amide bonds. The van der Waals surface area contributed by atoms with Crippen LogP contribution < -0.4 is 0 Å². The van der Waals surface area contributed by atoms with Crippen molar-refractivity contribution in [3.63, 3.8) is 0 Å². The molecule has 118 valence electrons. The van der Waals surface area contributed by atoms with Crippen LogP contribution in [0.4, 0.5) is 0 Å². The summed E-state index contributed by atoms with van der Waals surface area (Å²) in [5, 5.41) is 10.4. The van der Waals surface area contributed by atoms with Gasteiger partial charge in [-0.25, -0.2) is 0 Å². The summed E-state index contributed by atoms with van der Waals surface area (Å²) in [5.74, 6) is 1.08. The van der Waals surface area contributed by atoms with Crippen molar-refractivity contribution in [3.05, 3.63) is 65.6 Å². The largest absolute Gasteiger partial charge is 0.411 e. The van der Waals surface area contributed by atoms with Gasteiger partial charge in [0, 0.05) is 45.9 Å². The van der Waals surface area contributed by atoms with Gasteiger partial charge in [0.1, 0.15) is 0 Å². The van der Waals surface area contributed by atoms with Crippen LogP contribution in [0.3, 0.4) is 0 Å². The Labute approximate surface area is 147 Å². The smallest absolute Gasteiger partial charge is 0.277 e. The Kier molecular flexibility index (Phi) is 4.15. The highest BCUT2D eigenvalue weighted by molar-refractivity contribution is 7.98. The van der Waals surface area contributed by atoms with E-state index in [1.54, 1.807) is 18.6 Å². The first-order valence-electron chi connectivity index (χ1n) is 7.20. The molecule has 0 radical (unpaired) electrons. The third-order valence-corrected chi connectivity index (χ3v) is 4.70. The monoisotopic (exact) mass is 354 g/mol. The third kappa shape index (κ3) is 2.98. The first-order chi connectivity index (χ1) is 11.8. The molecular weight excluding hydrogens is 344 g/mol. The lowest BCUT2D eigenvalue weighted by Gasteiger charge is -2.06. The summed E-state index contributed by atoms with van der Waals surface area (Å²) in [6, 6.07) is 11.4. The first kappa shape index (κ1) is 15.1. The van der Waals surface area contributed by atoms with Crippen molar-refractivity contribution in [2.75, 3.05) is 0 Å². The molecule has 3 heterocycles. The number of nitrogens with zero attached hydrogens (tertiary/aromatic N) is 4. The molecule has 0 bridgehead atoms. The molecular formula is C17H11ClN4OS. The highest BCUT2D eigenvalue weighted by Gasteiger charge is 2.12. The molecule has 0 aliphatic heterocycles. The maximum Gasteiger partial charge on any atom is 0.277 e. The van der Waals surface area contributed by atoms with E-state index in [9.17, 15) is 0 Å². The molecule has 3 aromatic heterocycles. The van der Waals surface area contributed by atoms with Crippen LogP contribution in [0.5, 0.6) is 0 Å². The van der Waals surface area contributed by atoms with Crippen molar-refractivity contribution >= 4 is 34.3 Å². The number of hydrogen-bond acceptors (Lipinski definition) is 6. The number of aromatic nitrogens is 4. The van der Waals surface area contributed by atoms with E-state index in [0.29, 0.717) is 21.9 Å². The van der Waals surface area contributed by atoms with Crippen molar-refractivity contribution in [1.82, 2.24) is 20.2 Å². The zero-order valence-corrected chi connectivity index (χ0v) is 14.0. The molecule has 0 fully saturated rings. The molecule has 24 heavy (non-hydrogen) atoms. The second-order valence-corrected chi connectivity index (χ2v) is 6.33. The van der Waals surface area contributed by atoms with Crippen molar-refractivity contribution in [2.24, 2.45) is 0 Å². The van der Waals surface area contributed by atoms with Gasteiger partial charge in [-0.05, 0) is 24.3 Å². The molecule has 4 aromatic rings. The van der Waals surface area contributed by atoms with E-state index in [2.05, 4.69) is 20.2 Å². The van der Waals surface area contributed by atoms with Crippen LogP contribution in [0.25, 0.3) is 22.4 Å². The third-order valence-electron chi connectivity index (χ3n) is 3.50. The number of halogens is 1. The van der Waals surface area contributed by atoms with Gasteiger partial charge < -0.3 is 4.42 Å². The SMILES string of the molecule is Clc1ccc2cccnc2c1CSc1nnc(-c2ccncc2)o1. The van der Waals surface area contributed by atoms with E-state index in [1.165, 1.54) is 11.8 Å². The Bertz CT molecular complexity index is 990. The molecule has 0 saturated heterocycles. The van der Waals surface area contributed by atoms with Crippen LogP contribution in [0.1, 0.15) is 5.56 Å². The summed E-state index contributed by atoms with van der Waals surface area (Å²) in [7, 11) is 0. The van der Waals surface area contributed by atoms with Crippen LogP contribution in [0.15, 0.2) is 64.6 Å². The zero-order chi connectivity index (χ0) is 16.4. The van der Waals surface area contributed by atoms with Gasteiger partial charge in [0.25, 0.3) is 5.22 Å². The quantitative estimate of drug-likeness (QED) is 0.498. The van der Waals surface area contributed by atoms with Gasteiger partial charge in [0.15, 0.2) is 0 Å². The molecule has 0 N–H and O–H groups in total. The van der Waals surface area contributed by atoms with E-state index >= 15 is 0 Å². The van der Waals surface area contributed by atoms with Crippen LogP contribution in [-0.4, -0.2) is 20.2 Å². The summed E-state index contributed by atoms with van der Waals surface area (Å²) in [5.41, 5.74) is 2.70. The minimum Gasteiger partial charge on any atom is -0.411 e. The average Bonchev–Trinajstić information content (AvgIpc) is 3.11. The van der Waals surface area contributed by atoms with Crippen LogP contribution in [0, 0.1) is 0 Å². The molecule has 0 spiro atoms. The number of rotatable bonds is 4. The molecule has 1 aromatic carbocycles. The van der Waals surface area contributed by atoms with E-state index in [-0.39, 0.29) is 0 Å². The predicted octanol–water partition coefficient (Wildman–Crippen LogP) is 4.63. The molecule has 0 aliphatic carbocycles. The standard InChI is InChI=1S/C17H11ClN4OS/c18-14-4-3-11-2-1-7-20-15(11)13(14)10-24-17-22-21-16(23-17)12-5-8-19-9-6-12/h1-9H,10H2. The maximum absolute atomic E-state index is 6.34. The average molecular weight is 355 g/mol. The summed E-state index contributed by atoms with van der Waals surface area (Å²) >= 11 is 7.78. The summed E-state index contributed by atoms with van der Waals surface area (Å²) in [6.07, 6.45) is 5.14. The molecule has 5 nitrogen and oxygen atoms in total. The van der Waals surface area contributed by atoms with Crippen molar-refractivity contribution < 1.29 is 4.42 Å². The molecule has 0 unspecified atom stereocenters. The van der Waals surface area contributed by atoms with Gasteiger partial charge >= 0.3 is 0 Å². The van der Waals surface area contributed by atoms with Crippen LogP contribution >= 0.6 is 23.4 Å². The zero-order valence-electron chi connectivity index (χ0n) is 12.4. The van der Waals surface area contributed by atoms with Crippen molar-refractivity contribution in [2.45, 2.75) is 11.0 Å². The van der Waals surface area contributed by atoms with Gasteiger partial charge in [0.2, 0.25) is 5.89 Å². The fourth-order valence-electron chi connectivity index (χ4n) is 2.33. The van der Waals surface area contributed by atoms with E-state index in [1.807, 2.05) is 36.4 Å². The normalized spacial score (nSPS) is 11.0. The van der Waals surface area contributed by atoms with Gasteiger partial charge in [-0.2, -0.15) is 0 Å². The maximum atomic E-state index is 6.34. The lowest BCUT2D eigenvalue weighted by Crippen LogP contribution is -1.89. The summed E-state index contributed by atoms with van der Waals surface area (Å²) < 4.78 is 5.69. The second-order valence-electron chi connectivity index (χ2n) is 5.00. The lowest BCUT2D eigenvalue weighted by atomic mass is 10.1. The van der Waals surface area contributed by atoms with Gasteiger partial charge in [-0.15, -0.1) is 10.2 Å². The fraction of sp³-hybridized carbons (Fsp3) is 0.0588. The topological polar surface area (TPSA) is 64.7 Å². The Hall–Kier alpha value is -2.44. The van der Waals surface area contributed by atoms with Gasteiger partial charge in [-0.3, -0.25) is 9.97 Å². The van der Waals surface area contributed by atoms with Gasteiger partial charge in [0.05, 0.1) is 5.52 Å². The van der Waals surface area contributed by atoms with Crippen molar-refractivity contribution in [1.29, 1.82) is 0 Å². The number of benzene rings is 1. The number of pyridine rings is 2. The Morgan fingerprint density at radius 2 is 1.88 bits per heavy atom. The number of thioether (sulfide) groups is 1. The second kappa shape index (κ2) is 6.59. The summed E-state index contributed by atoms with van der Waals surface area (Å²) in [6.45, 7) is 0. The minimum absolute atomic E-state index is 0.474. The highest BCUT2D eigenvalue weighted by atomic mass is 35.5. The lowest BCUT2D eigenvalue weighted by molar-refractivity contribution is 0.466.